The van der Waals surface area contributed by atoms with Gasteiger partial charge >= 0.3 is 11.0 Å². The summed E-state index contributed by atoms with van der Waals surface area (Å²) < 4.78 is 46.6. The fraction of sp³-hybridized carbons (Fsp3) is 0.303. The van der Waals surface area contributed by atoms with Crippen LogP contribution in [0.3, 0.4) is 0 Å². The van der Waals surface area contributed by atoms with Crippen molar-refractivity contribution in [1.29, 1.82) is 0 Å². The Bertz CT molecular complexity index is 1860. The number of ether oxygens (including phenoxy) is 1. The predicted molar refractivity (Wildman–Crippen MR) is 160 cm³/mol. The number of anilines is 1. The summed E-state index contributed by atoms with van der Waals surface area (Å²) in [5, 5.41) is 0.758. The number of nitrogens with zero attached hydrogens (tertiary/aromatic N) is 1. The molecule has 11 heteroatoms. The van der Waals surface area contributed by atoms with Crippen LogP contribution in [-0.4, -0.2) is 22.0 Å². The zero-order chi connectivity index (χ0) is 30.3. The van der Waals surface area contributed by atoms with Crippen molar-refractivity contribution in [1.82, 2.24) is 4.98 Å². The smallest absolute Gasteiger partial charge is 0.416 e. The zero-order valence-electron chi connectivity index (χ0n) is 23.0. The number of amides is 2. The largest absolute Gasteiger partial charge is 0.489 e. The lowest BCUT2D eigenvalue weighted by Gasteiger charge is -2.43. The first kappa shape index (κ1) is 27.7. The predicted octanol–water partition coefficient (Wildman–Crippen LogP) is 6.71. The van der Waals surface area contributed by atoms with Crippen molar-refractivity contribution in [3.63, 3.8) is 0 Å². The van der Waals surface area contributed by atoms with Gasteiger partial charge in [-0.15, -0.1) is 11.8 Å². The molecule has 44 heavy (non-hydrogen) atoms. The summed E-state index contributed by atoms with van der Waals surface area (Å²) in [6.07, 6.45) is -3.91. The molecule has 8 rings (SSSR count). The minimum absolute atomic E-state index is 0.0314. The molecule has 0 spiro atoms. The Hall–Kier alpha value is -3.83. The minimum Gasteiger partial charge on any atom is -0.489 e. The van der Waals surface area contributed by atoms with Crippen LogP contribution in [0.4, 0.5) is 18.9 Å². The number of H-pyrrole nitrogens is 1. The Labute approximate surface area is 258 Å². The highest BCUT2D eigenvalue weighted by molar-refractivity contribution is 8.00. The van der Waals surface area contributed by atoms with Crippen molar-refractivity contribution >= 4 is 40.6 Å². The first-order chi connectivity index (χ1) is 21.2. The van der Waals surface area contributed by atoms with Crippen LogP contribution in [0.25, 0.3) is 0 Å². The molecule has 3 aromatic carbocycles. The molecule has 5 unspecified atom stereocenters. The van der Waals surface area contributed by atoms with E-state index in [1.54, 1.807) is 11.8 Å². The molecule has 4 aliphatic rings. The number of hydrogen-bond donors (Lipinski definition) is 1. The molecule has 7 atom stereocenters. The van der Waals surface area contributed by atoms with Crippen LogP contribution in [0.5, 0.6) is 5.75 Å². The maximum Gasteiger partial charge on any atom is 0.416 e. The molecular weight excluding hydrogens is 610 g/mol. The molecular formula is C33H25F3N2O4S2. The van der Waals surface area contributed by atoms with Gasteiger partial charge in [0.1, 0.15) is 12.4 Å². The van der Waals surface area contributed by atoms with Gasteiger partial charge < -0.3 is 9.72 Å². The fourth-order valence-electron chi connectivity index (χ4n) is 8.00. The van der Waals surface area contributed by atoms with E-state index in [0.717, 1.165) is 38.1 Å². The topological polar surface area (TPSA) is 79.5 Å². The van der Waals surface area contributed by atoms with E-state index < -0.39 is 35.4 Å². The first-order valence-corrected chi connectivity index (χ1v) is 16.1. The second-order valence-electron chi connectivity index (χ2n) is 11.9. The van der Waals surface area contributed by atoms with Crippen LogP contribution in [0, 0.1) is 29.6 Å². The Morgan fingerprint density at radius 1 is 0.886 bits per heavy atom. The quantitative estimate of drug-likeness (QED) is 0.247. The number of alkyl halides is 3. The molecule has 0 radical (unpaired) electrons. The summed E-state index contributed by atoms with van der Waals surface area (Å²) in [6, 6.07) is 22.1. The highest BCUT2D eigenvalue weighted by Crippen LogP contribution is 2.68. The Morgan fingerprint density at radius 3 is 2.41 bits per heavy atom. The molecule has 6 nitrogen and oxygen atoms in total. The standard InChI is InChI=1S/C33H25F3N2O4S2/c34-33(35,36)18-9-5-10-19(13-18)38-30(39)25-21-14-22(26(25)31(38)40)27-24(21)23(28-29(43-27)37-32(41)44-28)17-8-4-11-20(12-17)42-15-16-6-2-1-3-7-16/h1-13,21-27H,14-15H2,(H,37,41)/t21-,22-,23?,24?,25?,26?,27?/m1/s1. The van der Waals surface area contributed by atoms with Gasteiger partial charge in [-0.1, -0.05) is 59.9 Å². The summed E-state index contributed by atoms with van der Waals surface area (Å²) >= 11 is 2.74. The number of benzene rings is 3. The number of fused-ring (bicyclic) bond motifs is 9. The second kappa shape index (κ2) is 10.1. The number of rotatable bonds is 5. The molecule has 2 amide bonds. The van der Waals surface area contributed by atoms with E-state index in [9.17, 15) is 27.6 Å². The molecule has 2 aliphatic carbocycles. The van der Waals surface area contributed by atoms with Crippen LogP contribution >= 0.6 is 23.1 Å². The summed E-state index contributed by atoms with van der Waals surface area (Å²) in [6.45, 7) is 0.399. The lowest BCUT2D eigenvalue weighted by atomic mass is 9.68. The highest BCUT2D eigenvalue weighted by atomic mass is 32.2. The number of imide groups is 1. The summed E-state index contributed by atoms with van der Waals surface area (Å²) in [4.78, 5) is 45.1. The highest BCUT2D eigenvalue weighted by Gasteiger charge is 2.69. The maximum absolute atomic E-state index is 13.9. The van der Waals surface area contributed by atoms with Gasteiger partial charge in [0, 0.05) is 16.0 Å². The summed E-state index contributed by atoms with van der Waals surface area (Å²) in [5.74, 6) is -1.89. The molecule has 2 aliphatic heterocycles. The average molecular weight is 635 g/mol. The molecule has 2 bridgehead atoms. The lowest BCUT2D eigenvalue weighted by Crippen LogP contribution is -2.42. The first-order valence-electron chi connectivity index (χ1n) is 14.4. The fourth-order valence-corrected chi connectivity index (χ4v) is 10.9. The second-order valence-corrected chi connectivity index (χ2v) is 14.1. The van der Waals surface area contributed by atoms with Gasteiger partial charge in [0.05, 0.1) is 28.1 Å². The third-order valence-electron chi connectivity index (χ3n) is 9.62. The molecule has 224 valence electrons. The Morgan fingerprint density at radius 2 is 1.64 bits per heavy atom. The average Bonchev–Trinajstić information content (AvgIpc) is 3.75. The SMILES string of the molecule is O=C1C2C(C(=O)N1c1cccc(C(F)(F)F)c1)[C@@H]1C[C@H]2C2Sc3[nH]c(=O)sc3C(c3cccc(OCc4ccccc4)c3)C21. The Balaban J connectivity index is 1.15. The van der Waals surface area contributed by atoms with Crippen LogP contribution < -0.4 is 14.5 Å². The van der Waals surface area contributed by atoms with E-state index in [1.807, 2.05) is 54.6 Å². The summed E-state index contributed by atoms with van der Waals surface area (Å²) in [7, 11) is 0. The van der Waals surface area contributed by atoms with Gasteiger partial charge in [0.15, 0.2) is 0 Å². The Kier molecular flexibility index (Phi) is 6.36. The van der Waals surface area contributed by atoms with Gasteiger partial charge in [0.25, 0.3) is 0 Å². The van der Waals surface area contributed by atoms with Gasteiger partial charge in [-0.05, 0) is 65.6 Å². The number of nitrogens with one attached hydrogen (secondary N) is 1. The normalized spacial score (nSPS) is 28.6. The third kappa shape index (κ3) is 4.27. The molecule has 3 heterocycles. The maximum atomic E-state index is 13.9. The van der Waals surface area contributed by atoms with Gasteiger partial charge in [-0.2, -0.15) is 13.2 Å². The number of halogens is 3. The molecule has 3 fully saturated rings. The molecule has 4 aromatic rings. The zero-order valence-corrected chi connectivity index (χ0v) is 24.6. The monoisotopic (exact) mass is 634 g/mol. The number of carbonyl (C=O) groups excluding carboxylic acids is 2. The molecule has 1 saturated heterocycles. The number of thioether (sulfide) groups is 1. The van der Waals surface area contributed by atoms with Crippen molar-refractivity contribution in [2.24, 2.45) is 29.6 Å². The van der Waals surface area contributed by atoms with E-state index in [0.29, 0.717) is 18.8 Å². The van der Waals surface area contributed by atoms with E-state index in [2.05, 4.69) is 4.98 Å². The summed E-state index contributed by atoms with van der Waals surface area (Å²) in [5.41, 5.74) is 1.07. The molecule has 1 aromatic heterocycles. The van der Waals surface area contributed by atoms with Crippen molar-refractivity contribution in [3.05, 3.63) is 110 Å². The third-order valence-corrected chi connectivity index (χ3v) is 12.2. The van der Waals surface area contributed by atoms with Gasteiger partial charge in [-0.3, -0.25) is 19.3 Å². The number of aromatic amines is 1. The number of hydrogen-bond acceptors (Lipinski definition) is 6. The van der Waals surface area contributed by atoms with Crippen molar-refractivity contribution in [2.75, 3.05) is 4.90 Å². The number of thiazole rings is 1. The van der Waals surface area contributed by atoms with E-state index in [-0.39, 0.29) is 39.5 Å². The molecule has 2 saturated carbocycles. The van der Waals surface area contributed by atoms with Crippen molar-refractivity contribution < 1.29 is 27.5 Å². The van der Waals surface area contributed by atoms with Crippen LogP contribution in [0.2, 0.25) is 0 Å². The molecule has 1 N–H and O–H groups in total. The van der Waals surface area contributed by atoms with Crippen LogP contribution in [0.1, 0.15) is 33.9 Å². The van der Waals surface area contributed by atoms with E-state index >= 15 is 0 Å². The van der Waals surface area contributed by atoms with Crippen molar-refractivity contribution in [2.45, 2.75) is 35.4 Å². The van der Waals surface area contributed by atoms with Crippen molar-refractivity contribution in [3.8, 4) is 5.75 Å². The minimum atomic E-state index is -4.59. The van der Waals surface area contributed by atoms with Gasteiger partial charge in [-0.25, -0.2) is 0 Å². The number of carbonyl (C=O) groups is 2. The van der Waals surface area contributed by atoms with Crippen LogP contribution in [0.15, 0.2) is 88.7 Å². The lowest BCUT2D eigenvalue weighted by molar-refractivity contribution is -0.137. The van der Waals surface area contributed by atoms with E-state index in [4.69, 9.17) is 4.74 Å². The number of aromatic nitrogens is 1. The van der Waals surface area contributed by atoms with E-state index in [1.165, 1.54) is 23.5 Å². The van der Waals surface area contributed by atoms with Gasteiger partial charge in [0.2, 0.25) is 11.8 Å². The van der Waals surface area contributed by atoms with Crippen LogP contribution in [-0.2, 0) is 22.4 Å².